The zero-order valence-electron chi connectivity index (χ0n) is 34.7. The first-order valence-electron chi connectivity index (χ1n) is 20.6. The summed E-state index contributed by atoms with van der Waals surface area (Å²) in [5.41, 5.74) is 5.39. The molecule has 3 aliphatic heterocycles. The van der Waals surface area contributed by atoms with Crippen molar-refractivity contribution in [1.29, 1.82) is 0 Å². The summed E-state index contributed by atoms with van der Waals surface area (Å²) in [7, 11) is 2.59. The fourth-order valence-electron chi connectivity index (χ4n) is 8.91. The van der Waals surface area contributed by atoms with E-state index in [0.717, 1.165) is 83.8 Å². The highest BCUT2D eigenvalue weighted by Gasteiger charge is 2.52. The van der Waals surface area contributed by atoms with Crippen LogP contribution in [0.4, 0.5) is 9.59 Å². The van der Waals surface area contributed by atoms with Crippen molar-refractivity contribution in [1.82, 2.24) is 40.4 Å². The van der Waals surface area contributed by atoms with Gasteiger partial charge in [0, 0.05) is 25.3 Å². The van der Waals surface area contributed by atoms with Gasteiger partial charge >= 0.3 is 12.2 Å². The Morgan fingerprint density at radius 2 is 1.17 bits per heavy atom. The number of aromatic nitrogens is 4. The quantitative estimate of drug-likeness (QED) is 0.127. The minimum Gasteiger partial charge on any atom is -0.453 e. The highest BCUT2D eigenvalue weighted by Crippen LogP contribution is 2.48. The molecule has 4 atom stereocenters. The zero-order chi connectivity index (χ0) is 41.8. The molecule has 3 aliphatic rings. The number of nitrogens with zero attached hydrogens (tertiary/aromatic N) is 4. The third-order valence-electron chi connectivity index (χ3n) is 12.2. The van der Waals surface area contributed by atoms with Crippen LogP contribution in [0.1, 0.15) is 90.0 Å². The molecule has 7 rings (SSSR count). The Morgan fingerprint density at radius 3 is 1.66 bits per heavy atom. The Balaban J connectivity index is 1.04. The minimum absolute atomic E-state index is 0.108. The number of carbonyl (C=O) groups is 4. The molecular weight excluding hydrogens is 753 g/mol. The van der Waals surface area contributed by atoms with E-state index in [1.807, 2.05) is 43.7 Å². The lowest BCUT2D eigenvalue weighted by Gasteiger charge is -2.45. The molecule has 1 unspecified atom stereocenters. The van der Waals surface area contributed by atoms with Gasteiger partial charge in [0.1, 0.15) is 23.7 Å². The Morgan fingerprint density at radius 1 is 0.695 bits per heavy atom. The van der Waals surface area contributed by atoms with Crippen molar-refractivity contribution < 1.29 is 33.4 Å². The lowest BCUT2D eigenvalue weighted by molar-refractivity contribution is -0.145. The molecule has 0 saturated carbocycles. The molecule has 3 fully saturated rings. The standard InChI is InChI=1S/C44H56N8O7/c1-26(2)36(49-42(55)57-5)40(53)51-21-7-8-34(51)38-45-24-32(47-38)30-13-9-28(10-14-30)29-11-15-31(16-12-29)33-25-46-39(48-33)35-17-18-44(19-22-59-23-20-44)52(35)41(54)37(27(3)4)50-43(56)58-6/h9-16,24-27,34-37H,7-8,17-23H2,1-6H3,(H,45,47)(H,46,48)(H,49,55)(H,50,56)/t34-,35?,36-,37-/m0/s1. The molecule has 5 heterocycles. The molecule has 0 radical (unpaired) electrons. The van der Waals surface area contributed by atoms with Gasteiger partial charge in [-0.05, 0) is 72.6 Å². The Labute approximate surface area is 345 Å². The topological polar surface area (TPSA) is 184 Å². The van der Waals surface area contributed by atoms with Gasteiger partial charge in [-0.1, -0.05) is 76.2 Å². The van der Waals surface area contributed by atoms with Crippen molar-refractivity contribution in [3.63, 3.8) is 0 Å². The maximum Gasteiger partial charge on any atom is 0.407 e. The van der Waals surface area contributed by atoms with Crippen LogP contribution in [0.25, 0.3) is 33.6 Å². The summed E-state index contributed by atoms with van der Waals surface area (Å²) in [6.07, 6.45) is 7.05. The summed E-state index contributed by atoms with van der Waals surface area (Å²) >= 11 is 0. The van der Waals surface area contributed by atoms with Gasteiger partial charge in [-0.15, -0.1) is 0 Å². The fourth-order valence-corrected chi connectivity index (χ4v) is 8.91. The van der Waals surface area contributed by atoms with E-state index < -0.39 is 24.3 Å². The molecule has 0 aliphatic carbocycles. The van der Waals surface area contributed by atoms with E-state index in [2.05, 4.69) is 74.1 Å². The molecule has 59 heavy (non-hydrogen) atoms. The van der Waals surface area contributed by atoms with Crippen LogP contribution in [0.3, 0.4) is 0 Å². The molecule has 15 heteroatoms. The SMILES string of the molecule is COC(=O)N[C@H](C(=O)N1CCC[C@H]1c1ncc(-c2ccc(-c3ccc(-c4cnc(C5CCC6(CCOCC6)N5C(=O)[C@@H](NC(=O)OC)C(C)C)[nH]4)cc3)cc2)[nH]1)C(C)C. The van der Waals surface area contributed by atoms with Crippen LogP contribution in [0.2, 0.25) is 0 Å². The maximum absolute atomic E-state index is 14.4. The number of hydrogen-bond donors (Lipinski definition) is 4. The molecule has 15 nitrogen and oxygen atoms in total. The summed E-state index contributed by atoms with van der Waals surface area (Å²) in [6, 6.07) is 14.6. The number of benzene rings is 2. The number of aromatic amines is 2. The molecule has 4 amide bonds. The third kappa shape index (κ3) is 8.56. The number of rotatable bonds is 11. The molecule has 0 bridgehead atoms. The Kier molecular flexibility index (Phi) is 12.4. The van der Waals surface area contributed by atoms with Crippen LogP contribution in [0, 0.1) is 11.8 Å². The Hall–Kier alpha value is -5.70. The van der Waals surface area contributed by atoms with Gasteiger partial charge in [0.05, 0.1) is 50.1 Å². The van der Waals surface area contributed by atoms with Gasteiger partial charge in [-0.25, -0.2) is 19.6 Å². The number of carbonyl (C=O) groups excluding carboxylic acids is 4. The molecular formula is C44H56N8O7. The summed E-state index contributed by atoms with van der Waals surface area (Å²) in [5.74, 6) is 0.920. The van der Waals surface area contributed by atoms with E-state index in [9.17, 15) is 19.2 Å². The normalized spacial score (nSPS) is 19.9. The second kappa shape index (κ2) is 17.7. The predicted octanol–water partition coefficient (Wildman–Crippen LogP) is 6.77. The van der Waals surface area contributed by atoms with Crippen molar-refractivity contribution in [2.75, 3.05) is 34.0 Å². The largest absolute Gasteiger partial charge is 0.453 e. The number of H-pyrrole nitrogens is 2. The van der Waals surface area contributed by atoms with E-state index >= 15 is 0 Å². The first kappa shape index (κ1) is 41.5. The lowest BCUT2D eigenvalue weighted by Crippen LogP contribution is -2.58. The molecule has 4 aromatic rings. The number of imidazole rings is 2. The fraction of sp³-hybridized carbons (Fsp3) is 0.500. The number of hydrogen-bond acceptors (Lipinski definition) is 9. The van der Waals surface area contributed by atoms with Crippen molar-refractivity contribution in [3.8, 4) is 33.6 Å². The highest BCUT2D eigenvalue weighted by molar-refractivity contribution is 5.88. The van der Waals surface area contributed by atoms with Gasteiger partial charge in [0.2, 0.25) is 11.8 Å². The average Bonchev–Trinajstić information content (AvgIpc) is 4.08. The van der Waals surface area contributed by atoms with E-state index in [1.165, 1.54) is 14.2 Å². The van der Waals surface area contributed by atoms with E-state index in [1.54, 1.807) is 6.20 Å². The summed E-state index contributed by atoms with van der Waals surface area (Å²) < 4.78 is 15.3. The first-order valence-corrected chi connectivity index (χ1v) is 20.6. The van der Waals surface area contributed by atoms with E-state index in [0.29, 0.717) is 19.8 Å². The maximum atomic E-state index is 14.4. The van der Waals surface area contributed by atoms with Crippen molar-refractivity contribution in [3.05, 3.63) is 72.6 Å². The average molecular weight is 809 g/mol. The van der Waals surface area contributed by atoms with Crippen molar-refractivity contribution >= 4 is 24.0 Å². The monoisotopic (exact) mass is 808 g/mol. The molecule has 2 aromatic heterocycles. The van der Waals surface area contributed by atoms with Crippen LogP contribution in [0.5, 0.6) is 0 Å². The van der Waals surface area contributed by atoms with Crippen molar-refractivity contribution in [2.45, 2.75) is 95.9 Å². The van der Waals surface area contributed by atoms with Crippen LogP contribution in [0.15, 0.2) is 60.9 Å². The molecule has 314 valence electrons. The summed E-state index contributed by atoms with van der Waals surface area (Å²) in [6.45, 7) is 9.40. The zero-order valence-corrected chi connectivity index (χ0v) is 34.7. The van der Waals surface area contributed by atoms with Crippen molar-refractivity contribution in [2.24, 2.45) is 11.8 Å². The van der Waals surface area contributed by atoms with Gasteiger partial charge < -0.3 is 44.6 Å². The van der Waals surface area contributed by atoms with Gasteiger partial charge in [-0.3, -0.25) is 9.59 Å². The number of nitrogens with one attached hydrogen (secondary N) is 4. The van der Waals surface area contributed by atoms with Gasteiger partial charge in [-0.2, -0.15) is 0 Å². The summed E-state index contributed by atoms with van der Waals surface area (Å²) in [4.78, 5) is 72.4. The number of amides is 4. The smallest absolute Gasteiger partial charge is 0.407 e. The van der Waals surface area contributed by atoms with Gasteiger partial charge in [0.25, 0.3) is 0 Å². The second-order valence-corrected chi connectivity index (χ2v) is 16.5. The van der Waals surface area contributed by atoms with E-state index in [-0.39, 0.29) is 41.3 Å². The van der Waals surface area contributed by atoms with Gasteiger partial charge in [0.15, 0.2) is 0 Å². The molecule has 1 spiro atoms. The first-order chi connectivity index (χ1) is 28.4. The molecule has 2 aromatic carbocycles. The van der Waals surface area contributed by atoms with Crippen LogP contribution < -0.4 is 10.6 Å². The number of likely N-dealkylation sites (tertiary alicyclic amines) is 2. The highest BCUT2D eigenvalue weighted by atomic mass is 16.5. The summed E-state index contributed by atoms with van der Waals surface area (Å²) in [5, 5.41) is 5.48. The van der Waals surface area contributed by atoms with Crippen LogP contribution >= 0.6 is 0 Å². The second-order valence-electron chi connectivity index (χ2n) is 16.5. The van der Waals surface area contributed by atoms with Crippen LogP contribution in [-0.2, 0) is 23.8 Å². The van der Waals surface area contributed by atoms with E-state index in [4.69, 9.17) is 19.2 Å². The lowest BCUT2D eigenvalue weighted by atomic mass is 9.86. The Bertz CT molecular complexity index is 2100. The molecule has 4 N–H and O–H groups in total. The minimum atomic E-state index is -0.738. The van der Waals surface area contributed by atoms with Crippen LogP contribution in [-0.4, -0.2) is 105 Å². The number of alkyl carbamates (subject to hydrolysis) is 2. The number of methoxy groups -OCH3 is 2. The number of ether oxygens (including phenoxy) is 3. The third-order valence-corrected chi connectivity index (χ3v) is 12.2. The molecule has 3 saturated heterocycles. The predicted molar refractivity (Wildman–Crippen MR) is 221 cm³/mol.